The monoisotopic (exact) mass is 237 g/mol. The number of hydrogen-bond donors (Lipinski definition) is 1. The smallest absolute Gasteiger partial charge is 0.209 e. The summed E-state index contributed by atoms with van der Waals surface area (Å²) < 4.78 is 32.9. The van der Waals surface area contributed by atoms with Crippen LogP contribution in [0.15, 0.2) is 0 Å². The van der Waals surface area contributed by atoms with E-state index < -0.39 is 10.0 Å². The highest BCUT2D eigenvalue weighted by molar-refractivity contribution is 7.89. The summed E-state index contributed by atoms with van der Waals surface area (Å²) in [5.41, 5.74) is -0.345. The molecule has 1 aliphatic rings. The zero-order chi connectivity index (χ0) is 11.4. The van der Waals surface area contributed by atoms with E-state index in [2.05, 4.69) is 0 Å². The summed E-state index contributed by atoms with van der Waals surface area (Å²) in [6.07, 6.45) is 1.40. The summed E-state index contributed by atoms with van der Waals surface area (Å²) in [5, 5.41) is 5.10. The Labute approximate surface area is 91.0 Å². The fraction of sp³-hybridized carbons (Fsp3) is 1.00. The second kappa shape index (κ2) is 5.25. The minimum absolute atomic E-state index is 0.0106. The van der Waals surface area contributed by atoms with E-state index in [9.17, 15) is 8.42 Å². The average Bonchev–Trinajstić information content (AvgIpc) is 2.14. The number of sulfonamides is 1. The van der Waals surface area contributed by atoms with Crippen molar-refractivity contribution in [3.05, 3.63) is 0 Å². The van der Waals surface area contributed by atoms with Crippen LogP contribution in [0.25, 0.3) is 0 Å². The predicted molar refractivity (Wildman–Crippen MR) is 57.0 cm³/mol. The van der Waals surface area contributed by atoms with Crippen LogP contribution >= 0.6 is 0 Å². The van der Waals surface area contributed by atoms with E-state index >= 15 is 0 Å². The van der Waals surface area contributed by atoms with Gasteiger partial charge < -0.3 is 9.47 Å². The van der Waals surface area contributed by atoms with Gasteiger partial charge in [-0.25, -0.2) is 13.6 Å². The molecule has 15 heavy (non-hydrogen) atoms. The summed E-state index contributed by atoms with van der Waals surface area (Å²) in [6, 6.07) is 0. The Balaban J connectivity index is 2.66. The standard InChI is InChI=1S/C9H19NO4S/c1-2-13-7-9(8-15(10,11)12)3-5-14-6-4-9/h2-8H2,1H3,(H2,10,11,12). The van der Waals surface area contributed by atoms with Crippen molar-refractivity contribution in [3.8, 4) is 0 Å². The molecule has 0 unspecified atom stereocenters. The second-order valence-electron chi connectivity index (χ2n) is 4.06. The number of hydrogen-bond acceptors (Lipinski definition) is 4. The lowest BCUT2D eigenvalue weighted by Crippen LogP contribution is -2.42. The molecule has 1 fully saturated rings. The van der Waals surface area contributed by atoms with Crippen molar-refractivity contribution in [1.29, 1.82) is 0 Å². The summed E-state index contributed by atoms with van der Waals surface area (Å²) in [5.74, 6) is -0.0106. The van der Waals surface area contributed by atoms with Crippen LogP contribution in [-0.4, -0.2) is 40.6 Å². The predicted octanol–water partition coefficient (Wildman–Crippen LogP) is 0.108. The van der Waals surface area contributed by atoms with Gasteiger partial charge in [0.25, 0.3) is 0 Å². The maximum absolute atomic E-state index is 11.1. The van der Waals surface area contributed by atoms with Gasteiger partial charge >= 0.3 is 0 Å². The molecular formula is C9H19NO4S. The first-order chi connectivity index (χ1) is 6.97. The van der Waals surface area contributed by atoms with Crippen LogP contribution in [0.3, 0.4) is 0 Å². The van der Waals surface area contributed by atoms with Gasteiger partial charge in [0.2, 0.25) is 10.0 Å². The van der Waals surface area contributed by atoms with Crippen LogP contribution in [0.5, 0.6) is 0 Å². The lowest BCUT2D eigenvalue weighted by Gasteiger charge is -2.35. The zero-order valence-electron chi connectivity index (χ0n) is 9.07. The molecule has 0 aliphatic carbocycles. The molecule has 1 rings (SSSR count). The number of primary sulfonamides is 1. The number of ether oxygens (including phenoxy) is 2. The SMILES string of the molecule is CCOCC1(CS(N)(=O)=O)CCOCC1. The second-order valence-corrected chi connectivity index (χ2v) is 5.67. The van der Waals surface area contributed by atoms with Crippen molar-refractivity contribution >= 4 is 10.0 Å². The van der Waals surface area contributed by atoms with Gasteiger partial charge in [0.15, 0.2) is 0 Å². The van der Waals surface area contributed by atoms with Crippen molar-refractivity contribution in [2.75, 3.05) is 32.2 Å². The fourth-order valence-electron chi connectivity index (χ4n) is 1.88. The first kappa shape index (κ1) is 12.9. The Bertz CT molecular complexity index is 282. The molecule has 0 atom stereocenters. The fourth-order valence-corrected chi connectivity index (χ4v) is 3.11. The Hall–Kier alpha value is -0.170. The molecule has 6 heteroatoms. The maximum Gasteiger partial charge on any atom is 0.209 e. The van der Waals surface area contributed by atoms with E-state index in [0.717, 1.165) is 0 Å². The highest BCUT2D eigenvalue weighted by Crippen LogP contribution is 2.32. The summed E-state index contributed by atoms with van der Waals surface area (Å²) in [4.78, 5) is 0. The molecule has 0 aromatic rings. The molecule has 0 aromatic carbocycles. The lowest BCUT2D eigenvalue weighted by atomic mass is 9.83. The van der Waals surface area contributed by atoms with Gasteiger partial charge in [-0.2, -0.15) is 0 Å². The van der Waals surface area contributed by atoms with Crippen molar-refractivity contribution < 1.29 is 17.9 Å². The van der Waals surface area contributed by atoms with Crippen LogP contribution < -0.4 is 5.14 Å². The van der Waals surface area contributed by atoms with Crippen molar-refractivity contribution in [2.24, 2.45) is 10.6 Å². The molecule has 0 saturated carbocycles. The van der Waals surface area contributed by atoms with Crippen LogP contribution in [0.2, 0.25) is 0 Å². The minimum atomic E-state index is -3.45. The topological polar surface area (TPSA) is 78.6 Å². The first-order valence-corrected chi connectivity index (χ1v) is 6.85. The normalized spacial score (nSPS) is 21.5. The highest BCUT2D eigenvalue weighted by atomic mass is 32.2. The van der Waals surface area contributed by atoms with Gasteiger partial charge in [-0.1, -0.05) is 0 Å². The van der Waals surface area contributed by atoms with E-state index in [1.807, 2.05) is 6.92 Å². The van der Waals surface area contributed by atoms with E-state index in [-0.39, 0.29) is 11.2 Å². The third kappa shape index (κ3) is 4.46. The quantitative estimate of drug-likeness (QED) is 0.736. The van der Waals surface area contributed by atoms with E-state index in [1.165, 1.54) is 0 Å². The molecular weight excluding hydrogens is 218 g/mol. The Kier molecular flexibility index (Phi) is 4.51. The molecule has 0 aromatic heterocycles. The van der Waals surface area contributed by atoms with Crippen LogP contribution in [0.1, 0.15) is 19.8 Å². The molecule has 1 saturated heterocycles. The number of nitrogens with two attached hydrogens (primary N) is 1. The molecule has 90 valence electrons. The third-order valence-electron chi connectivity index (χ3n) is 2.67. The van der Waals surface area contributed by atoms with E-state index in [0.29, 0.717) is 39.3 Å². The van der Waals surface area contributed by atoms with Crippen LogP contribution in [0.4, 0.5) is 0 Å². The largest absolute Gasteiger partial charge is 0.381 e. The molecule has 1 aliphatic heterocycles. The first-order valence-electron chi connectivity index (χ1n) is 5.13. The zero-order valence-corrected chi connectivity index (χ0v) is 9.88. The molecule has 5 nitrogen and oxygen atoms in total. The Morgan fingerprint density at radius 3 is 2.47 bits per heavy atom. The van der Waals surface area contributed by atoms with Gasteiger partial charge in [-0.05, 0) is 19.8 Å². The molecule has 0 spiro atoms. The van der Waals surface area contributed by atoms with Crippen molar-refractivity contribution in [3.63, 3.8) is 0 Å². The van der Waals surface area contributed by atoms with Crippen molar-refractivity contribution in [2.45, 2.75) is 19.8 Å². The highest BCUT2D eigenvalue weighted by Gasteiger charge is 2.36. The molecule has 0 amide bonds. The van der Waals surface area contributed by atoms with Gasteiger partial charge in [-0.3, -0.25) is 0 Å². The van der Waals surface area contributed by atoms with Crippen LogP contribution in [0, 0.1) is 5.41 Å². The van der Waals surface area contributed by atoms with Gasteiger partial charge in [0.1, 0.15) is 0 Å². The van der Waals surface area contributed by atoms with Crippen molar-refractivity contribution in [1.82, 2.24) is 0 Å². The Morgan fingerprint density at radius 2 is 2.00 bits per heavy atom. The third-order valence-corrected chi connectivity index (χ3v) is 3.69. The minimum Gasteiger partial charge on any atom is -0.381 e. The molecule has 1 heterocycles. The molecule has 0 bridgehead atoms. The van der Waals surface area contributed by atoms with Gasteiger partial charge in [0.05, 0.1) is 12.4 Å². The molecule has 0 radical (unpaired) electrons. The average molecular weight is 237 g/mol. The van der Waals surface area contributed by atoms with E-state index in [1.54, 1.807) is 0 Å². The molecule has 2 N–H and O–H groups in total. The number of rotatable bonds is 5. The van der Waals surface area contributed by atoms with Crippen LogP contribution in [-0.2, 0) is 19.5 Å². The maximum atomic E-state index is 11.1. The van der Waals surface area contributed by atoms with Gasteiger partial charge in [0, 0.05) is 25.2 Å². The summed E-state index contributed by atoms with van der Waals surface area (Å²) in [6.45, 7) is 4.10. The summed E-state index contributed by atoms with van der Waals surface area (Å²) >= 11 is 0. The lowest BCUT2D eigenvalue weighted by molar-refractivity contribution is -0.0253. The Morgan fingerprint density at radius 1 is 1.40 bits per heavy atom. The van der Waals surface area contributed by atoms with Gasteiger partial charge in [-0.15, -0.1) is 0 Å². The summed E-state index contributed by atoms with van der Waals surface area (Å²) in [7, 11) is -3.45. The van der Waals surface area contributed by atoms with E-state index in [4.69, 9.17) is 14.6 Å².